The average Bonchev–Trinajstić information content (AvgIpc) is 2.79. The fraction of sp³-hybridized carbons (Fsp3) is 0.240. The molecule has 0 bridgehead atoms. The molecule has 1 heterocycles. The van der Waals surface area contributed by atoms with Crippen LogP contribution in [0.3, 0.4) is 0 Å². The first kappa shape index (κ1) is 23.3. The minimum Gasteiger partial charge on any atom is -0.483 e. The van der Waals surface area contributed by atoms with E-state index in [0.29, 0.717) is 29.4 Å². The van der Waals surface area contributed by atoms with Crippen LogP contribution in [0.25, 0.3) is 0 Å². The summed E-state index contributed by atoms with van der Waals surface area (Å²) in [5.41, 5.74) is 4.57. The highest BCUT2D eigenvalue weighted by atomic mass is 35.5. The van der Waals surface area contributed by atoms with E-state index >= 15 is 0 Å². The van der Waals surface area contributed by atoms with Gasteiger partial charge in [0.15, 0.2) is 6.61 Å². The van der Waals surface area contributed by atoms with Crippen LogP contribution in [0.4, 0.5) is 5.69 Å². The van der Waals surface area contributed by atoms with Crippen molar-refractivity contribution in [3.05, 3.63) is 87.9 Å². The van der Waals surface area contributed by atoms with Crippen LogP contribution in [0.2, 0.25) is 5.02 Å². The number of benzene rings is 3. The molecule has 1 amide bonds. The van der Waals surface area contributed by atoms with Crippen LogP contribution < -0.4 is 10.1 Å². The Morgan fingerprint density at radius 1 is 1.03 bits per heavy atom. The highest BCUT2D eigenvalue weighted by molar-refractivity contribution is 7.89. The zero-order chi connectivity index (χ0) is 23.6. The predicted octanol–water partition coefficient (Wildman–Crippen LogP) is 4.72. The van der Waals surface area contributed by atoms with Crippen LogP contribution in [0, 0.1) is 13.8 Å². The van der Waals surface area contributed by atoms with E-state index in [9.17, 15) is 13.2 Å². The zero-order valence-corrected chi connectivity index (χ0v) is 20.0. The number of halogens is 1. The number of sulfonamides is 1. The van der Waals surface area contributed by atoms with Crippen molar-refractivity contribution < 1.29 is 17.9 Å². The maximum Gasteiger partial charge on any atom is 0.262 e. The first-order valence-corrected chi connectivity index (χ1v) is 12.4. The number of nitrogens with zero attached hydrogens (tertiary/aromatic N) is 1. The van der Waals surface area contributed by atoms with Gasteiger partial charge in [0.05, 0.1) is 4.90 Å². The lowest BCUT2D eigenvalue weighted by Crippen LogP contribution is -2.36. The molecule has 3 aromatic carbocycles. The maximum absolute atomic E-state index is 13.0. The largest absolute Gasteiger partial charge is 0.483 e. The number of carbonyl (C=O) groups is 1. The molecule has 172 valence electrons. The molecule has 0 saturated carbocycles. The summed E-state index contributed by atoms with van der Waals surface area (Å²) >= 11 is 5.89. The van der Waals surface area contributed by atoms with E-state index < -0.39 is 10.0 Å². The van der Waals surface area contributed by atoms with Crippen molar-refractivity contribution in [1.82, 2.24) is 4.31 Å². The number of nitrogens with one attached hydrogen (secondary N) is 1. The fourth-order valence-corrected chi connectivity index (χ4v) is 5.32. The Balaban J connectivity index is 1.43. The van der Waals surface area contributed by atoms with Crippen molar-refractivity contribution in [2.24, 2.45) is 0 Å². The molecule has 33 heavy (non-hydrogen) atoms. The number of amides is 1. The highest BCUT2D eigenvalue weighted by Gasteiger charge is 2.28. The third-order valence-electron chi connectivity index (χ3n) is 5.62. The first-order valence-electron chi connectivity index (χ1n) is 10.6. The lowest BCUT2D eigenvalue weighted by atomic mass is 10.0. The Morgan fingerprint density at radius 3 is 2.55 bits per heavy atom. The van der Waals surface area contributed by atoms with Crippen molar-refractivity contribution in [2.45, 2.75) is 31.7 Å². The van der Waals surface area contributed by atoms with Gasteiger partial charge >= 0.3 is 0 Å². The first-order chi connectivity index (χ1) is 15.7. The monoisotopic (exact) mass is 484 g/mol. The molecule has 0 spiro atoms. The molecule has 0 aromatic heterocycles. The van der Waals surface area contributed by atoms with Crippen LogP contribution in [0.1, 0.15) is 22.3 Å². The number of rotatable bonds is 6. The zero-order valence-electron chi connectivity index (χ0n) is 18.5. The lowest BCUT2D eigenvalue weighted by molar-refractivity contribution is -0.118. The number of ether oxygens (including phenoxy) is 1. The number of hydrogen-bond donors (Lipinski definition) is 1. The molecule has 0 fully saturated rings. The third kappa shape index (κ3) is 5.38. The van der Waals surface area contributed by atoms with Crippen LogP contribution in [-0.2, 0) is 27.8 Å². The standard InChI is InChI=1S/C25H25ClN2O4S/c1-17-3-4-18(2)24(13-17)32-16-25(29)27-22-8-5-19-11-12-28(15-20(19)14-22)33(30,31)23-9-6-21(26)7-10-23/h3-10,13-14H,11-12,15-16H2,1-2H3,(H,27,29). The van der Waals surface area contributed by atoms with E-state index in [1.165, 1.54) is 16.4 Å². The second-order valence-electron chi connectivity index (χ2n) is 8.13. The van der Waals surface area contributed by atoms with E-state index in [2.05, 4.69) is 5.32 Å². The molecule has 0 aliphatic carbocycles. The second-order valence-corrected chi connectivity index (χ2v) is 10.5. The third-order valence-corrected chi connectivity index (χ3v) is 7.73. The summed E-state index contributed by atoms with van der Waals surface area (Å²) in [6.45, 7) is 4.42. The van der Waals surface area contributed by atoms with Gasteiger partial charge < -0.3 is 10.1 Å². The maximum atomic E-state index is 13.0. The van der Waals surface area contributed by atoms with Gasteiger partial charge in [0, 0.05) is 23.8 Å². The van der Waals surface area contributed by atoms with Crippen LogP contribution in [0.5, 0.6) is 5.75 Å². The smallest absolute Gasteiger partial charge is 0.262 e. The summed E-state index contributed by atoms with van der Waals surface area (Å²) in [7, 11) is -3.64. The molecule has 4 rings (SSSR count). The molecule has 0 unspecified atom stereocenters. The lowest BCUT2D eigenvalue weighted by Gasteiger charge is -2.28. The summed E-state index contributed by atoms with van der Waals surface area (Å²) in [4.78, 5) is 12.6. The summed E-state index contributed by atoms with van der Waals surface area (Å²) in [5, 5.41) is 3.33. The quantitative estimate of drug-likeness (QED) is 0.549. The minimum atomic E-state index is -3.64. The summed E-state index contributed by atoms with van der Waals surface area (Å²) in [6.07, 6.45) is 0.603. The summed E-state index contributed by atoms with van der Waals surface area (Å²) in [6, 6.07) is 17.6. The van der Waals surface area contributed by atoms with E-state index in [-0.39, 0.29) is 24.0 Å². The van der Waals surface area contributed by atoms with Gasteiger partial charge in [-0.1, -0.05) is 29.8 Å². The molecule has 0 radical (unpaired) electrons. The Hall–Kier alpha value is -2.87. The van der Waals surface area contributed by atoms with Gasteiger partial charge in [0.2, 0.25) is 10.0 Å². The number of aryl methyl sites for hydroxylation is 2. The van der Waals surface area contributed by atoms with Gasteiger partial charge in [0.25, 0.3) is 5.91 Å². The molecule has 3 aromatic rings. The Morgan fingerprint density at radius 2 is 1.79 bits per heavy atom. The van der Waals surface area contributed by atoms with Crippen molar-refractivity contribution in [2.75, 3.05) is 18.5 Å². The minimum absolute atomic E-state index is 0.113. The van der Waals surface area contributed by atoms with Gasteiger partial charge in [0.1, 0.15) is 5.75 Å². The predicted molar refractivity (Wildman–Crippen MR) is 129 cm³/mol. The van der Waals surface area contributed by atoms with E-state index in [4.69, 9.17) is 16.3 Å². The summed E-state index contributed by atoms with van der Waals surface area (Å²) in [5.74, 6) is 0.399. The fourth-order valence-electron chi connectivity index (χ4n) is 3.77. The Labute approximate surface area is 199 Å². The molecule has 0 atom stereocenters. The van der Waals surface area contributed by atoms with Gasteiger partial charge in [-0.25, -0.2) is 8.42 Å². The number of hydrogen-bond acceptors (Lipinski definition) is 4. The van der Waals surface area contributed by atoms with Crippen molar-refractivity contribution >= 4 is 33.2 Å². The molecule has 8 heteroatoms. The second kappa shape index (κ2) is 9.55. The van der Waals surface area contributed by atoms with Crippen molar-refractivity contribution in [3.8, 4) is 5.75 Å². The molecule has 6 nitrogen and oxygen atoms in total. The van der Waals surface area contributed by atoms with Crippen LogP contribution >= 0.6 is 11.6 Å². The topological polar surface area (TPSA) is 75.7 Å². The molecular formula is C25H25ClN2O4S. The van der Waals surface area contributed by atoms with Crippen LogP contribution in [-0.4, -0.2) is 31.8 Å². The highest BCUT2D eigenvalue weighted by Crippen LogP contribution is 2.28. The van der Waals surface area contributed by atoms with Gasteiger partial charge in [-0.2, -0.15) is 4.31 Å². The molecule has 0 saturated heterocycles. The number of anilines is 1. The van der Waals surface area contributed by atoms with Crippen molar-refractivity contribution in [3.63, 3.8) is 0 Å². The molecule has 1 aliphatic rings. The van der Waals surface area contributed by atoms with Gasteiger partial charge in [-0.3, -0.25) is 4.79 Å². The number of carbonyl (C=O) groups excluding carboxylic acids is 1. The normalized spacial score (nSPS) is 13.9. The van der Waals surface area contributed by atoms with E-state index in [1.54, 1.807) is 12.1 Å². The average molecular weight is 485 g/mol. The Kier molecular flexibility index (Phi) is 6.74. The molecular weight excluding hydrogens is 460 g/mol. The Bertz CT molecular complexity index is 1290. The van der Waals surface area contributed by atoms with E-state index in [1.807, 2.05) is 50.2 Å². The molecule has 1 N–H and O–H groups in total. The molecule has 1 aliphatic heterocycles. The van der Waals surface area contributed by atoms with Crippen LogP contribution in [0.15, 0.2) is 65.6 Å². The SMILES string of the molecule is Cc1ccc(C)c(OCC(=O)Nc2ccc3c(c2)CN(S(=O)(=O)c2ccc(Cl)cc2)CC3)c1. The van der Waals surface area contributed by atoms with Gasteiger partial charge in [-0.05, 0) is 85.0 Å². The number of fused-ring (bicyclic) bond motifs is 1. The van der Waals surface area contributed by atoms with Gasteiger partial charge in [-0.15, -0.1) is 0 Å². The summed E-state index contributed by atoms with van der Waals surface area (Å²) < 4.78 is 33.2. The van der Waals surface area contributed by atoms with Crippen molar-refractivity contribution in [1.29, 1.82) is 0 Å². The van der Waals surface area contributed by atoms with E-state index in [0.717, 1.165) is 22.3 Å².